The standard InChI is InChI=1S/C20H30N4O4/c1-19(2,3)27-18(26)22-20-9-8-13(10-20)11-24(12-20)17(25)21-16-14-6-4-5-7-15(14)28-23-16/h13H,4-12H2,1-3H3,(H,22,26)(H,21,23,25). The van der Waals surface area contributed by atoms with Gasteiger partial charge in [-0.2, -0.15) is 0 Å². The molecule has 0 spiro atoms. The van der Waals surface area contributed by atoms with Crippen molar-refractivity contribution < 1.29 is 18.8 Å². The average Bonchev–Trinajstić information content (AvgIpc) is 3.14. The molecule has 2 aliphatic carbocycles. The van der Waals surface area contributed by atoms with Crippen LogP contribution in [0.4, 0.5) is 15.4 Å². The van der Waals surface area contributed by atoms with Crippen molar-refractivity contribution in [3.63, 3.8) is 0 Å². The molecule has 1 aliphatic heterocycles. The second-order valence-corrected chi connectivity index (χ2v) is 9.47. The number of carbonyl (C=O) groups is 2. The minimum atomic E-state index is -0.545. The van der Waals surface area contributed by atoms with Gasteiger partial charge in [-0.3, -0.25) is 5.32 Å². The lowest BCUT2D eigenvalue weighted by Crippen LogP contribution is -2.59. The van der Waals surface area contributed by atoms with E-state index in [1.807, 2.05) is 20.8 Å². The summed E-state index contributed by atoms with van der Waals surface area (Å²) in [6, 6.07) is -0.177. The van der Waals surface area contributed by atoms with Crippen LogP contribution in [0.25, 0.3) is 0 Å². The fourth-order valence-corrected chi connectivity index (χ4v) is 4.77. The lowest BCUT2D eigenvalue weighted by atomic mass is 9.91. The van der Waals surface area contributed by atoms with Crippen LogP contribution in [-0.2, 0) is 17.6 Å². The molecule has 3 amide bonds. The number of carbonyl (C=O) groups excluding carboxylic acids is 2. The van der Waals surface area contributed by atoms with Crippen LogP contribution in [0.5, 0.6) is 0 Å². The zero-order valence-electron chi connectivity index (χ0n) is 17.0. The number of hydrogen-bond acceptors (Lipinski definition) is 5. The number of fused-ring (bicyclic) bond motifs is 3. The van der Waals surface area contributed by atoms with Gasteiger partial charge in [0.1, 0.15) is 11.4 Å². The SMILES string of the molecule is CC(C)(C)OC(=O)NC12CCC(CN(C(=O)Nc3noc4c3CCCC4)C1)C2. The van der Waals surface area contributed by atoms with E-state index in [1.54, 1.807) is 4.90 Å². The van der Waals surface area contributed by atoms with Crippen molar-refractivity contribution >= 4 is 17.9 Å². The van der Waals surface area contributed by atoms with Gasteiger partial charge in [0.15, 0.2) is 5.82 Å². The third-order valence-corrected chi connectivity index (χ3v) is 5.91. The number of likely N-dealkylation sites (tertiary alicyclic amines) is 1. The first-order valence-corrected chi connectivity index (χ1v) is 10.3. The van der Waals surface area contributed by atoms with E-state index >= 15 is 0 Å². The molecule has 0 aromatic carbocycles. The van der Waals surface area contributed by atoms with E-state index in [9.17, 15) is 9.59 Å². The monoisotopic (exact) mass is 390 g/mol. The molecule has 1 saturated heterocycles. The van der Waals surface area contributed by atoms with Crippen LogP contribution in [0.15, 0.2) is 4.52 Å². The van der Waals surface area contributed by atoms with Gasteiger partial charge >= 0.3 is 12.1 Å². The molecule has 2 heterocycles. The van der Waals surface area contributed by atoms with Crippen molar-refractivity contribution in [2.75, 3.05) is 18.4 Å². The molecular formula is C20H30N4O4. The van der Waals surface area contributed by atoms with Crippen LogP contribution in [0, 0.1) is 5.92 Å². The first-order valence-electron chi connectivity index (χ1n) is 10.3. The quantitative estimate of drug-likeness (QED) is 0.806. The van der Waals surface area contributed by atoms with Crippen molar-refractivity contribution in [3.05, 3.63) is 11.3 Å². The van der Waals surface area contributed by atoms with Gasteiger partial charge in [-0.05, 0) is 65.2 Å². The molecule has 2 bridgehead atoms. The van der Waals surface area contributed by atoms with Crippen molar-refractivity contribution in [1.29, 1.82) is 0 Å². The summed E-state index contributed by atoms with van der Waals surface area (Å²) in [4.78, 5) is 27.0. The van der Waals surface area contributed by atoms with E-state index in [1.165, 1.54) is 0 Å². The number of hydrogen-bond donors (Lipinski definition) is 2. The zero-order chi connectivity index (χ0) is 19.9. The van der Waals surface area contributed by atoms with E-state index < -0.39 is 17.2 Å². The predicted octanol–water partition coefficient (Wildman–Crippen LogP) is 3.46. The highest BCUT2D eigenvalue weighted by molar-refractivity contribution is 5.89. The number of rotatable bonds is 2. The molecule has 28 heavy (non-hydrogen) atoms. The fraction of sp³-hybridized carbons (Fsp3) is 0.750. The second-order valence-electron chi connectivity index (χ2n) is 9.47. The summed E-state index contributed by atoms with van der Waals surface area (Å²) >= 11 is 0. The Morgan fingerprint density at radius 1 is 1.29 bits per heavy atom. The lowest BCUT2D eigenvalue weighted by molar-refractivity contribution is 0.0407. The minimum absolute atomic E-state index is 0.177. The Morgan fingerprint density at radius 2 is 2.07 bits per heavy atom. The van der Waals surface area contributed by atoms with E-state index in [0.29, 0.717) is 24.8 Å². The average molecular weight is 390 g/mol. The molecule has 2 unspecified atom stereocenters. The molecular weight excluding hydrogens is 360 g/mol. The number of alkyl carbamates (subject to hydrolysis) is 1. The summed E-state index contributed by atoms with van der Waals surface area (Å²) in [7, 11) is 0. The molecule has 2 fully saturated rings. The van der Waals surface area contributed by atoms with Gasteiger partial charge in [-0.1, -0.05) is 5.16 Å². The summed E-state index contributed by atoms with van der Waals surface area (Å²) in [5.41, 5.74) is 0.0729. The molecule has 154 valence electrons. The Kier molecular flexibility index (Phi) is 4.75. The highest BCUT2D eigenvalue weighted by atomic mass is 16.6. The summed E-state index contributed by atoms with van der Waals surface area (Å²) in [6.45, 7) is 6.72. The molecule has 4 rings (SSSR count). The zero-order valence-corrected chi connectivity index (χ0v) is 17.0. The molecule has 1 aromatic rings. The van der Waals surface area contributed by atoms with Gasteiger partial charge in [0, 0.05) is 25.1 Å². The third-order valence-electron chi connectivity index (χ3n) is 5.91. The molecule has 0 radical (unpaired) electrons. The van der Waals surface area contributed by atoms with E-state index in [-0.39, 0.29) is 6.03 Å². The van der Waals surface area contributed by atoms with Crippen molar-refractivity contribution in [2.24, 2.45) is 5.92 Å². The number of aromatic nitrogens is 1. The number of amides is 3. The van der Waals surface area contributed by atoms with Gasteiger partial charge in [-0.15, -0.1) is 0 Å². The van der Waals surface area contributed by atoms with Crippen molar-refractivity contribution in [2.45, 2.75) is 76.9 Å². The molecule has 1 aromatic heterocycles. The minimum Gasteiger partial charge on any atom is -0.444 e. The maximum atomic E-state index is 12.9. The molecule has 3 aliphatic rings. The Morgan fingerprint density at radius 3 is 2.86 bits per heavy atom. The number of ether oxygens (including phenoxy) is 1. The Bertz CT molecular complexity index is 769. The molecule has 8 heteroatoms. The summed E-state index contributed by atoms with van der Waals surface area (Å²) < 4.78 is 10.8. The number of anilines is 1. The summed E-state index contributed by atoms with van der Waals surface area (Å²) in [6.07, 6.45) is 6.29. The molecule has 2 N–H and O–H groups in total. The predicted molar refractivity (Wildman–Crippen MR) is 103 cm³/mol. The lowest BCUT2D eigenvalue weighted by Gasteiger charge is -2.40. The van der Waals surface area contributed by atoms with E-state index in [2.05, 4.69) is 15.8 Å². The topological polar surface area (TPSA) is 96.7 Å². The van der Waals surface area contributed by atoms with E-state index in [0.717, 1.165) is 56.3 Å². The number of nitrogens with one attached hydrogen (secondary N) is 2. The third kappa shape index (κ3) is 3.95. The van der Waals surface area contributed by atoms with E-state index in [4.69, 9.17) is 9.26 Å². The highest BCUT2D eigenvalue weighted by Gasteiger charge is 2.48. The maximum absolute atomic E-state index is 12.9. The fourth-order valence-electron chi connectivity index (χ4n) is 4.77. The smallest absolute Gasteiger partial charge is 0.408 e. The Labute approximate surface area is 165 Å². The summed E-state index contributed by atoms with van der Waals surface area (Å²) in [5.74, 6) is 1.83. The molecule has 8 nitrogen and oxygen atoms in total. The molecule has 2 atom stereocenters. The van der Waals surface area contributed by atoms with Crippen LogP contribution in [0.1, 0.15) is 64.2 Å². The second kappa shape index (κ2) is 6.97. The van der Waals surface area contributed by atoms with Gasteiger partial charge in [0.05, 0.1) is 5.54 Å². The highest BCUT2D eigenvalue weighted by Crippen LogP contribution is 2.40. The number of aryl methyl sites for hydroxylation is 1. The summed E-state index contributed by atoms with van der Waals surface area (Å²) in [5, 5.41) is 10.1. The van der Waals surface area contributed by atoms with Gasteiger partial charge in [0.25, 0.3) is 0 Å². The number of nitrogens with zero attached hydrogens (tertiary/aromatic N) is 2. The van der Waals surface area contributed by atoms with Crippen LogP contribution in [0.3, 0.4) is 0 Å². The van der Waals surface area contributed by atoms with Crippen LogP contribution < -0.4 is 10.6 Å². The van der Waals surface area contributed by atoms with Crippen molar-refractivity contribution in [3.8, 4) is 0 Å². The van der Waals surface area contributed by atoms with Crippen LogP contribution in [0.2, 0.25) is 0 Å². The Balaban J connectivity index is 1.42. The van der Waals surface area contributed by atoms with Crippen LogP contribution >= 0.6 is 0 Å². The van der Waals surface area contributed by atoms with Gasteiger partial charge in [0.2, 0.25) is 0 Å². The maximum Gasteiger partial charge on any atom is 0.408 e. The number of piperidine rings is 1. The van der Waals surface area contributed by atoms with Crippen molar-refractivity contribution in [1.82, 2.24) is 15.4 Å². The Hall–Kier alpha value is -2.25. The normalized spacial score (nSPS) is 26.5. The largest absolute Gasteiger partial charge is 0.444 e. The first kappa shape index (κ1) is 19.1. The van der Waals surface area contributed by atoms with Gasteiger partial charge < -0.3 is 19.5 Å². The first-order chi connectivity index (χ1) is 13.2. The molecule has 1 saturated carbocycles. The van der Waals surface area contributed by atoms with Crippen LogP contribution in [-0.4, -0.2) is 46.4 Å². The van der Waals surface area contributed by atoms with Gasteiger partial charge in [-0.25, -0.2) is 9.59 Å². The number of urea groups is 1.